The summed E-state index contributed by atoms with van der Waals surface area (Å²) in [5.74, 6) is -0.537. The van der Waals surface area contributed by atoms with Gasteiger partial charge in [0.05, 0.1) is 11.6 Å². The first-order valence-electron chi connectivity index (χ1n) is 5.53. The minimum atomic E-state index is -0.389. The minimum absolute atomic E-state index is 0. The lowest BCUT2D eigenvalue weighted by atomic mass is 9.99. The molecular formula is C12H16ClFN2O. The van der Waals surface area contributed by atoms with Gasteiger partial charge in [0.25, 0.3) is 0 Å². The second-order valence-corrected chi connectivity index (χ2v) is 4.01. The molecule has 1 heterocycles. The number of hydrogen-bond acceptors (Lipinski definition) is 2. The Morgan fingerprint density at radius 1 is 1.41 bits per heavy atom. The molecule has 2 rings (SSSR count). The normalized spacial score (nSPS) is 19.2. The number of halogens is 2. The molecule has 1 aliphatic heterocycles. The summed E-state index contributed by atoms with van der Waals surface area (Å²) in [4.78, 5) is 11.8. The maximum atomic E-state index is 13.3. The van der Waals surface area contributed by atoms with Crippen molar-refractivity contribution in [2.24, 2.45) is 5.92 Å². The van der Waals surface area contributed by atoms with Crippen LogP contribution in [0.25, 0.3) is 0 Å². The van der Waals surface area contributed by atoms with Crippen molar-refractivity contribution in [1.29, 1.82) is 0 Å². The summed E-state index contributed by atoms with van der Waals surface area (Å²) in [6.45, 7) is 1.64. The van der Waals surface area contributed by atoms with E-state index in [2.05, 4.69) is 10.6 Å². The van der Waals surface area contributed by atoms with Gasteiger partial charge in [0.1, 0.15) is 5.82 Å². The number of anilines is 1. The number of piperidine rings is 1. The molecule has 0 bridgehead atoms. The molecule has 1 amide bonds. The Labute approximate surface area is 106 Å². The smallest absolute Gasteiger partial charge is 0.228 e. The highest BCUT2D eigenvalue weighted by atomic mass is 35.5. The SMILES string of the molecule is Cl.O=C(Nc1ccccc1F)C1CCCNC1. The van der Waals surface area contributed by atoms with Crippen LogP contribution in [0, 0.1) is 11.7 Å². The Bertz CT molecular complexity index is 381. The monoisotopic (exact) mass is 258 g/mol. The lowest BCUT2D eigenvalue weighted by Gasteiger charge is -2.21. The zero-order valence-electron chi connectivity index (χ0n) is 9.41. The van der Waals surface area contributed by atoms with Crippen molar-refractivity contribution in [2.75, 3.05) is 18.4 Å². The van der Waals surface area contributed by atoms with E-state index in [-0.39, 0.29) is 35.7 Å². The van der Waals surface area contributed by atoms with Crippen LogP contribution in [0.2, 0.25) is 0 Å². The van der Waals surface area contributed by atoms with Crippen LogP contribution in [0.4, 0.5) is 10.1 Å². The van der Waals surface area contributed by atoms with Crippen LogP contribution in [0.3, 0.4) is 0 Å². The maximum Gasteiger partial charge on any atom is 0.228 e. The number of benzene rings is 1. The number of carbonyl (C=O) groups excluding carboxylic acids is 1. The summed E-state index contributed by atoms with van der Waals surface area (Å²) < 4.78 is 13.3. The molecule has 0 aliphatic carbocycles. The van der Waals surface area contributed by atoms with Crippen molar-refractivity contribution in [3.05, 3.63) is 30.1 Å². The van der Waals surface area contributed by atoms with E-state index in [0.717, 1.165) is 19.4 Å². The molecule has 3 nitrogen and oxygen atoms in total. The average Bonchev–Trinajstić information content (AvgIpc) is 2.33. The molecular weight excluding hydrogens is 243 g/mol. The Hall–Kier alpha value is -1.13. The highest BCUT2D eigenvalue weighted by molar-refractivity contribution is 5.92. The third kappa shape index (κ3) is 3.68. The minimum Gasteiger partial charge on any atom is -0.323 e. The van der Waals surface area contributed by atoms with Crippen molar-refractivity contribution in [3.8, 4) is 0 Å². The number of para-hydroxylation sites is 1. The van der Waals surface area contributed by atoms with Gasteiger partial charge in [-0.05, 0) is 31.5 Å². The summed E-state index contributed by atoms with van der Waals surface area (Å²) in [6.07, 6.45) is 1.86. The second kappa shape index (κ2) is 6.57. The van der Waals surface area contributed by atoms with Crippen LogP contribution in [0.5, 0.6) is 0 Å². The number of rotatable bonds is 2. The molecule has 0 radical (unpaired) electrons. The van der Waals surface area contributed by atoms with Crippen molar-refractivity contribution >= 4 is 24.0 Å². The van der Waals surface area contributed by atoms with Gasteiger partial charge in [-0.1, -0.05) is 12.1 Å². The third-order valence-corrected chi connectivity index (χ3v) is 2.80. The molecule has 17 heavy (non-hydrogen) atoms. The van der Waals surface area contributed by atoms with E-state index in [1.165, 1.54) is 6.07 Å². The van der Waals surface area contributed by atoms with E-state index in [9.17, 15) is 9.18 Å². The molecule has 94 valence electrons. The Morgan fingerprint density at radius 3 is 2.82 bits per heavy atom. The molecule has 1 fully saturated rings. The lowest BCUT2D eigenvalue weighted by Crippen LogP contribution is -2.37. The van der Waals surface area contributed by atoms with Gasteiger partial charge in [-0.15, -0.1) is 12.4 Å². The first-order chi connectivity index (χ1) is 7.77. The Balaban J connectivity index is 0.00000144. The van der Waals surface area contributed by atoms with Crippen molar-refractivity contribution in [1.82, 2.24) is 5.32 Å². The number of amides is 1. The van der Waals surface area contributed by atoms with Crippen LogP contribution in [0.15, 0.2) is 24.3 Å². The average molecular weight is 259 g/mol. The molecule has 1 aliphatic rings. The van der Waals surface area contributed by atoms with Crippen LogP contribution >= 0.6 is 12.4 Å². The maximum absolute atomic E-state index is 13.3. The van der Waals surface area contributed by atoms with Crippen LogP contribution < -0.4 is 10.6 Å². The van der Waals surface area contributed by atoms with Crippen LogP contribution in [0.1, 0.15) is 12.8 Å². The highest BCUT2D eigenvalue weighted by Gasteiger charge is 2.21. The molecule has 0 aromatic heterocycles. The fraction of sp³-hybridized carbons (Fsp3) is 0.417. The molecule has 0 spiro atoms. The van der Waals surface area contributed by atoms with Crippen molar-refractivity contribution in [3.63, 3.8) is 0 Å². The summed E-state index contributed by atoms with van der Waals surface area (Å²) in [5.41, 5.74) is 0.262. The van der Waals surface area contributed by atoms with Crippen LogP contribution in [-0.2, 0) is 4.79 Å². The molecule has 1 atom stereocenters. The molecule has 0 saturated carbocycles. The molecule has 2 N–H and O–H groups in total. The molecule has 1 unspecified atom stereocenters. The van der Waals surface area contributed by atoms with E-state index < -0.39 is 0 Å². The summed E-state index contributed by atoms with van der Waals surface area (Å²) >= 11 is 0. The fourth-order valence-corrected chi connectivity index (χ4v) is 1.87. The van der Waals surface area contributed by atoms with E-state index >= 15 is 0 Å². The zero-order chi connectivity index (χ0) is 11.4. The lowest BCUT2D eigenvalue weighted by molar-refractivity contribution is -0.120. The Kier molecular flexibility index (Phi) is 5.38. The fourth-order valence-electron chi connectivity index (χ4n) is 1.87. The van der Waals surface area contributed by atoms with E-state index in [0.29, 0.717) is 6.54 Å². The highest BCUT2D eigenvalue weighted by Crippen LogP contribution is 2.16. The number of nitrogens with one attached hydrogen (secondary N) is 2. The molecule has 1 aromatic carbocycles. The summed E-state index contributed by atoms with van der Waals surface area (Å²) in [7, 11) is 0. The Morgan fingerprint density at radius 2 is 2.18 bits per heavy atom. The van der Waals surface area contributed by atoms with Crippen molar-refractivity contribution in [2.45, 2.75) is 12.8 Å². The molecule has 5 heteroatoms. The summed E-state index contributed by atoms with van der Waals surface area (Å²) in [5, 5.41) is 5.79. The topological polar surface area (TPSA) is 41.1 Å². The first-order valence-corrected chi connectivity index (χ1v) is 5.53. The largest absolute Gasteiger partial charge is 0.323 e. The van der Waals surface area contributed by atoms with Gasteiger partial charge in [0.2, 0.25) is 5.91 Å². The van der Waals surface area contributed by atoms with Gasteiger partial charge < -0.3 is 10.6 Å². The first kappa shape index (κ1) is 13.9. The van der Waals surface area contributed by atoms with E-state index in [1.54, 1.807) is 18.2 Å². The quantitative estimate of drug-likeness (QED) is 0.854. The van der Waals surface area contributed by atoms with Crippen molar-refractivity contribution < 1.29 is 9.18 Å². The number of carbonyl (C=O) groups is 1. The van der Waals surface area contributed by atoms with Gasteiger partial charge in [-0.25, -0.2) is 4.39 Å². The summed E-state index contributed by atoms with van der Waals surface area (Å²) in [6, 6.07) is 6.23. The van der Waals surface area contributed by atoms with E-state index in [1.807, 2.05) is 0 Å². The van der Waals surface area contributed by atoms with Gasteiger partial charge >= 0.3 is 0 Å². The molecule has 1 aromatic rings. The van der Waals surface area contributed by atoms with Gasteiger partial charge in [0.15, 0.2) is 0 Å². The predicted molar refractivity (Wildman–Crippen MR) is 67.9 cm³/mol. The van der Waals surface area contributed by atoms with Gasteiger partial charge in [-0.3, -0.25) is 4.79 Å². The third-order valence-electron chi connectivity index (χ3n) is 2.80. The van der Waals surface area contributed by atoms with Crippen LogP contribution in [-0.4, -0.2) is 19.0 Å². The predicted octanol–water partition coefficient (Wildman–Crippen LogP) is 2.19. The standard InChI is InChI=1S/C12H15FN2O.ClH/c13-10-5-1-2-6-11(10)15-12(16)9-4-3-7-14-8-9;/h1-2,5-6,9,14H,3-4,7-8H2,(H,15,16);1H. The zero-order valence-corrected chi connectivity index (χ0v) is 10.2. The number of hydrogen-bond donors (Lipinski definition) is 2. The van der Waals surface area contributed by atoms with Gasteiger partial charge in [0, 0.05) is 6.54 Å². The van der Waals surface area contributed by atoms with E-state index in [4.69, 9.17) is 0 Å². The van der Waals surface area contributed by atoms with Gasteiger partial charge in [-0.2, -0.15) is 0 Å². The molecule has 1 saturated heterocycles. The second-order valence-electron chi connectivity index (χ2n) is 4.01.